The average Bonchev–Trinajstić information content (AvgIpc) is 3.37. The third-order valence-corrected chi connectivity index (χ3v) is 8.49. The Morgan fingerprint density at radius 3 is 2.67 bits per heavy atom. The van der Waals surface area contributed by atoms with Gasteiger partial charge in [0, 0.05) is 21.9 Å². The molecule has 3 aromatic rings. The molecular weight excluding hydrogens is 495 g/mol. The minimum atomic E-state index is -1.33. The van der Waals surface area contributed by atoms with Crippen LogP contribution in [-0.2, 0) is 21.4 Å². The van der Waals surface area contributed by atoms with Gasteiger partial charge in [-0.3, -0.25) is 10.2 Å². The second kappa shape index (κ2) is 13.7. The molecule has 0 saturated carbocycles. The molecule has 0 aliphatic carbocycles. The van der Waals surface area contributed by atoms with E-state index in [1.807, 2.05) is 60.2 Å². The van der Waals surface area contributed by atoms with Gasteiger partial charge in [0.15, 0.2) is 10.0 Å². The molecule has 2 atom stereocenters. The lowest BCUT2D eigenvalue weighted by atomic mass is 9.99. The van der Waals surface area contributed by atoms with Crippen molar-refractivity contribution in [3.63, 3.8) is 0 Å². The summed E-state index contributed by atoms with van der Waals surface area (Å²) in [6.45, 7) is 0.531. The summed E-state index contributed by atoms with van der Waals surface area (Å²) in [6.07, 6.45) is 3.39. The van der Waals surface area contributed by atoms with E-state index in [1.54, 1.807) is 35.2 Å². The van der Waals surface area contributed by atoms with Crippen molar-refractivity contribution < 1.29 is 13.8 Å². The number of hydrogen-bond donors (Lipinski definition) is 3. The van der Waals surface area contributed by atoms with E-state index in [0.29, 0.717) is 18.5 Å². The van der Waals surface area contributed by atoms with Crippen molar-refractivity contribution >= 4 is 56.1 Å². The van der Waals surface area contributed by atoms with Crippen molar-refractivity contribution in [1.82, 2.24) is 15.6 Å². The van der Waals surface area contributed by atoms with Gasteiger partial charge in [0.25, 0.3) is 5.91 Å². The summed E-state index contributed by atoms with van der Waals surface area (Å²) in [4.78, 5) is 26.1. The SMILES string of the molecule is CSCCC(C=O)NNC(=O)c1ccc(SS(=O)NCc2cccs2)cc1-c1ccccc1. The molecule has 3 N–H and O–H groups in total. The number of carbonyl (C=O) groups is 2. The summed E-state index contributed by atoms with van der Waals surface area (Å²) in [7, 11) is -0.137. The number of hydrogen-bond acceptors (Lipinski definition) is 7. The molecule has 0 saturated heterocycles. The standard InChI is InChI=1S/C23H25N3O3S4/c1-30-13-11-18(16-27)25-26-23(28)21-10-9-19(14-22(21)17-6-3-2-4-7-17)32-33(29)24-15-20-8-5-12-31-20/h2-10,12,14,16,18,24-25H,11,13,15H2,1H3,(H,26,28). The van der Waals surface area contributed by atoms with Gasteiger partial charge in [0.2, 0.25) is 0 Å². The largest absolute Gasteiger partial charge is 0.302 e. The fraction of sp³-hybridized carbons (Fsp3) is 0.217. The highest BCUT2D eigenvalue weighted by atomic mass is 33.1. The minimum absolute atomic E-state index is 0.335. The molecule has 174 valence electrons. The van der Waals surface area contributed by atoms with Gasteiger partial charge in [-0.25, -0.2) is 14.4 Å². The Bertz CT molecular complexity index is 1060. The van der Waals surface area contributed by atoms with Crippen LogP contribution in [0, 0.1) is 0 Å². The van der Waals surface area contributed by atoms with Crippen LogP contribution in [-0.4, -0.2) is 34.5 Å². The van der Waals surface area contributed by atoms with Crippen LogP contribution >= 0.6 is 33.9 Å². The summed E-state index contributed by atoms with van der Waals surface area (Å²) < 4.78 is 15.5. The number of aldehydes is 1. The summed E-state index contributed by atoms with van der Waals surface area (Å²) in [5, 5.41) is 1.98. The van der Waals surface area contributed by atoms with Gasteiger partial charge in [-0.2, -0.15) is 11.8 Å². The monoisotopic (exact) mass is 519 g/mol. The van der Waals surface area contributed by atoms with E-state index < -0.39 is 16.1 Å². The Kier molecular flexibility index (Phi) is 10.6. The number of carbonyl (C=O) groups excluding carboxylic acids is 2. The predicted octanol–water partition coefficient (Wildman–Crippen LogP) is 4.43. The lowest BCUT2D eigenvalue weighted by Gasteiger charge is -2.16. The molecule has 10 heteroatoms. The van der Waals surface area contributed by atoms with E-state index in [-0.39, 0.29) is 5.91 Å². The Morgan fingerprint density at radius 1 is 1.15 bits per heavy atom. The molecule has 0 spiro atoms. The van der Waals surface area contributed by atoms with Crippen LogP contribution in [0.2, 0.25) is 0 Å². The van der Waals surface area contributed by atoms with E-state index in [4.69, 9.17) is 0 Å². The van der Waals surface area contributed by atoms with Crippen LogP contribution in [0.5, 0.6) is 0 Å². The molecule has 0 radical (unpaired) electrons. The Morgan fingerprint density at radius 2 is 1.97 bits per heavy atom. The lowest BCUT2D eigenvalue weighted by molar-refractivity contribution is -0.109. The Balaban J connectivity index is 1.74. The van der Waals surface area contributed by atoms with Gasteiger partial charge in [-0.05, 0) is 70.0 Å². The van der Waals surface area contributed by atoms with Gasteiger partial charge in [0.1, 0.15) is 6.29 Å². The van der Waals surface area contributed by atoms with Crippen molar-refractivity contribution in [2.24, 2.45) is 0 Å². The third-order valence-electron chi connectivity index (χ3n) is 4.61. The highest BCUT2D eigenvalue weighted by Gasteiger charge is 2.16. The molecule has 0 aliphatic rings. The average molecular weight is 520 g/mol. The zero-order chi connectivity index (χ0) is 23.5. The van der Waals surface area contributed by atoms with Crippen molar-refractivity contribution in [3.8, 4) is 11.1 Å². The molecule has 0 aliphatic heterocycles. The Labute approximate surface area is 208 Å². The van der Waals surface area contributed by atoms with Gasteiger partial charge in [-0.1, -0.05) is 36.4 Å². The van der Waals surface area contributed by atoms with Crippen LogP contribution in [0.3, 0.4) is 0 Å². The first-order valence-electron chi connectivity index (χ1n) is 10.2. The van der Waals surface area contributed by atoms with E-state index in [2.05, 4.69) is 15.6 Å². The maximum atomic E-state index is 12.9. The second-order valence-corrected chi connectivity index (χ2v) is 11.7. The number of nitrogens with one attached hydrogen (secondary N) is 3. The highest BCUT2D eigenvalue weighted by molar-refractivity contribution is 8.68. The fourth-order valence-electron chi connectivity index (χ4n) is 2.93. The number of thiophene rings is 1. The third kappa shape index (κ3) is 8.09. The van der Waals surface area contributed by atoms with Gasteiger partial charge < -0.3 is 4.79 Å². The number of amides is 1. The molecule has 2 unspecified atom stereocenters. The zero-order valence-electron chi connectivity index (χ0n) is 18.0. The molecule has 1 heterocycles. The first kappa shape index (κ1) is 25.7. The summed E-state index contributed by atoms with van der Waals surface area (Å²) in [6, 6.07) is 18.4. The van der Waals surface area contributed by atoms with E-state index in [1.165, 1.54) is 10.8 Å². The normalized spacial score (nSPS) is 12.8. The first-order valence-corrected chi connectivity index (χ1v) is 14.9. The first-order chi connectivity index (χ1) is 16.1. The molecule has 3 rings (SSSR count). The number of thioether (sulfide) groups is 1. The number of hydrazine groups is 1. The van der Waals surface area contributed by atoms with E-state index in [0.717, 1.165) is 32.9 Å². The Hall–Kier alpha value is -1.95. The van der Waals surface area contributed by atoms with Gasteiger partial charge in [0.05, 0.1) is 6.04 Å². The molecule has 1 amide bonds. The van der Waals surface area contributed by atoms with E-state index in [9.17, 15) is 13.8 Å². The van der Waals surface area contributed by atoms with Crippen molar-refractivity contribution in [2.45, 2.75) is 23.9 Å². The highest BCUT2D eigenvalue weighted by Crippen LogP contribution is 2.30. The maximum Gasteiger partial charge on any atom is 0.266 e. The zero-order valence-corrected chi connectivity index (χ0v) is 21.3. The molecule has 0 bridgehead atoms. The lowest BCUT2D eigenvalue weighted by Crippen LogP contribution is -2.45. The number of benzene rings is 2. The van der Waals surface area contributed by atoms with Crippen molar-refractivity contribution in [1.29, 1.82) is 0 Å². The van der Waals surface area contributed by atoms with Crippen molar-refractivity contribution in [3.05, 3.63) is 76.5 Å². The van der Waals surface area contributed by atoms with Gasteiger partial charge in [-0.15, -0.1) is 11.3 Å². The smallest absolute Gasteiger partial charge is 0.266 e. The molecular formula is C23H25N3O3S4. The quantitative estimate of drug-likeness (QED) is 0.176. The fourth-order valence-corrected chi connectivity index (χ4v) is 6.15. The molecule has 6 nitrogen and oxygen atoms in total. The molecule has 0 fully saturated rings. The van der Waals surface area contributed by atoms with Crippen LogP contribution in [0.1, 0.15) is 21.7 Å². The van der Waals surface area contributed by atoms with Crippen LogP contribution in [0.15, 0.2) is 70.9 Å². The summed E-state index contributed by atoms with van der Waals surface area (Å²) in [5.74, 6) is 0.476. The van der Waals surface area contributed by atoms with E-state index >= 15 is 0 Å². The topological polar surface area (TPSA) is 87.3 Å². The molecule has 2 aromatic carbocycles. The maximum absolute atomic E-state index is 12.9. The summed E-state index contributed by atoms with van der Waals surface area (Å²) in [5.41, 5.74) is 7.53. The van der Waals surface area contributed by atoms with Crippen LogP contribution in [0.25, 0.3) is 11.1 Å². The predicted molar refractivity (Wildman–Crippen MR) is 140 cm³/mol. The second-order valence-electron chi connectivity index (χ2n) is 6.91. The number of rotatable bonds is 13. The molecule has 1 aromatic heterocycles. The molecule has 33 heavy (non-hydrogen) atoms. The summed E-state index contributed by atoms with van der Waals surface area (Å²) >= 11 is 3.25. The van der Waals surface area contributed by atoms with Gasteiger partial charge >= 0.3 is 0 Å². The van der Waals surface area contributed by atoms with Crippen LogP contribution < -0.4 is 15.6 Å². The van der Waals surface area contributed by atoms with Crippen LogP contribution in [0.4, 0.5) is 0 Å². The van der Waals surface area contributed by atoms with Crippen molar-refractivity contribution in [2.75, 3.05) is 12.0 Å². The minimum Gasteiger partial charge on any atom is -0.302 e.